The summed E-state index contributed by atoms with van der Waals surface area (Å²) in [5.41, 5.74) is 3.53. The largest absolute Gasteiger partial charge is 0.785 e. The molecule has 4 heteroatoms. The number of carbonyl (C=O) groups is 1. The molecule has 1 atom stereocenters. The molecule has 0 amide bonds. The third-order valence-corrected chi connectivity index (χ3v) is 4.76. The van der Waals surface area contributed by atoms with Crippen molar-refractivity contribution in [2.24, 2.45) is 5.92 Å². The Morgan fingerprint density at radius 2 is 2.09 bits per heavy atom. The highest BCUT2D eigenvalue weighted by molar-refractivity contribution is 6.15. The zero-order chi connectivity index (χ0) is 15.8. The van der Waals surface area contributed by atoms with Crippen LogP contribution in [-0.4, -0.2) is 28.9 Å². The highest BCUT2D eigenvalue weighted by atomic mass is 16.5. The van der Waals surface area contributed by atoms with Crippen LogP contribution in [0.5, 0.6) is 0 Å². The maximum absolute atomic E-state index is 13.0. The number of benzene rings is 1. The molecule has 116 valence electrons. The van der Waals surface area contributed by atoms with Gasteiger partial charge in [-0.25, -0.2) is 0 Å². The first-order chi connectivity index (χ1) is 11.2. The Hall–Kier alpha value is -2.30. The van der Waals surface area contributed by atoms with Crippen molar-refractivity contribution in [1.82, 2.24) is 10.0 Å². The fraction of sp³-hybridized carbons (Fsp3) is 0.263. The Bertz CT molecular complexity index is 833. The van der Waals surface area contributed by atoms with Crippen LogP contribution in [0.25, 0.3) is 10.9 Å². The van der Waals surface area contributed by atoms with Crippen LogP contribution < -0.4 is 0 Å². The molecule has 0 bridgehead atoms. The molecule has 1 aliphatic carbocycles. The summed E-state index contributed by atoms with van der Waals surface area (Å²) in [5.74, 6) is 0.403. The van der Waals surface area contributed by atoms with E-state index in [1.165, 1.54) is 0 Å². The molecule has 0 radical (unpaired) electrons. The van der Waals surface area contributed by atoms with Crippen molar-refractivity contribution >= 4 is 16.7 Å². The number of pyridine rings is 1. The summed E-state index contributed by atoms with van der Waals surface area (Å²) in [4.78, 5) is 17.3. The van der Waals surface area contributed by atoms with Crippen LogP contribution >= 0.6 is 0 Å². The van der Waals surface area contributed by atoms with Crippen LogP contribution in [0.1, 0.15) is 23.2 Å². The predicted molar refractivity (Wildman–Crippen MR) is 89.9 cm³/mol. The van der Waals surface area contributed by atoms with E-state index in [2.05, 4.69) is 4.98 Å². The van der Waals surface area contributed by atoms with Crippen molar-refractivity contribution in [1.29, 1.82) is 0 Å². The third-order valence-electron chi connectivity index (χ3n) is 4.76. The molecule has 2 aromatic rings. The van der Waals surface area contributed by atoms with E-state index in [1.54, 1.807) is 12.3 Å². The van der Waals surface area contributed by atoms with Gasteiger partial charge in [0.15, 0.2) is 5.78 Å². The fourth-order valence-corrected chi connectivity index (χ4v) is 3.50. The van der Waals surface area contributed by atoms with Crippen molar-refractivity contribution in [3.8, 4) is 0 Å². The van der Waals surface area contributed by atoms with Gasteiger partial charge < -0.3 is 10.3 Å². The number of piperidine rings is 1. The minimum absolute atomic E-state index is 0.0726. The number of Topliss-reactive ketones (excluding diaryl/α,β-unsaturated/α-hetero) is 1. The van der Waals surface area contributed by atoms with Gasteiger partial charge in [0.2, 0.25) is 0 Å². The Kier molecular flexibility index (Phi) is 3.56. The predicted octanol–water partition coefficient (Wildman–Crippen LogP) is 3.49. The first kappa shape index (κ1) is 14.3. The number of rotatable bonds is 2. The van der Waals surface area contributed by atoms with Gasteiger partial charge in [-0.05, 0) is 37.4 Å². The van der Waals surface area contributed by atoms with Gasteiger partial charge in [0.05, 0.1) is 5.52 Å². The summed E-state index contributed by atoms with van der Waals surface area (Å²) in [6, 6.07) is 9.51. The molecule has 0 saturated carbocycles. The molecule has 1 unspecified atom stereocenters. The lowest BCUT2D eigenvalue weighted by Crippen LogP contribution is -2.32. The van der Waals surface area contributed by atoms with Crippen molar-refractivity contribution in [3.63, 3.8) is 0 Å². The highest BCUT2D eigenvalue weighted by Gasteiger charge is 2.26. The van der Waals surface area contributed by atoms with Crippen LogP contribution in [-0.2, 0) is 0 Å². The van der Waals surface area contributed by atoms with Gasteiger partial charge in [0.1, 0.15) is 0 Å². The Labute approximate surface area is 134 Å². The lowest BCUT2D eigenvalue weighted by Gasteiger charge is -2.39. The molecule has 23 heavy (non-hydrogen) atoms. The van der Waals surface area contributed by atoms with E-state index in [-0.39, 0.29) is 5.78 Å². The molecule has 4 rings (SSSR count). The molecule has 1 aliphatic heterocycles. The molecule has 2 heterocycles. The average molecular weight is 305 g/mol. The second kappa shape index (κ2) is 5.72. The van der Waals surface area contributed by atoms with E-state index in [0.29, 0.717) is 24.6 Å². The highest BCUT2D eigenvalue weighted by Crippen LogP contribution is 2.33. The van der Waals surface area contributed by atoms with Gasteiger partial charge in [0, 0.05) is 29.3 Å². The van der Waals surface area contributed by atoms with Gasteiger partial charge in [-0.3, -0.25) is 9.78 Å². The summed E-state index contributed by atoms with van der Waals surface area (Å²) < 4.78 is 0. The van der Waals surface area contributed by atoms with Crippen LogP contribution in [0.3, 0.4) is 0 Å². The topological polar surface area (TPSA) is 56.3 Å². The minimum Gasteiger partial charge on any atom is -0.785 e. The number of hydrogen-bond donors (Lipinski definition) is 0. The van der Waals surface area contributed by atoms with E-state index in [1.807, 2.05) is 36.4 Å². The molecule has 1 aromatic heterocycles. The lowest BCUT2D eigenvalue weighted by molar-refractivity contribution is 0.102. The summed E-state index contributed by atoms with van der Waals surface area (Å²) in [5, 5.41) is 13.5. The van der Waals surface area contributed by atoms with E-state index >= 15 is 0 Å². The number of nitrogens with zero attached hydrogens (tertiary/aromatic N) is 2. The molecular weight excluding hydrogens is 288 g/mol. The normalized spacial score (nSPS) is 21.5. The van der Waals surface area contributed by atoms with E-state index in [0.717, 1.165) is 40.0 Å². The summed E-state index contributed by atoms with van der Waals surface area (Å²) in [6.07, 6.45) is 7.11. The van der Waals surface area contributed by atoms with Crippen molar-refractivity contribution in [2.75, 3.05) is 13.1 Å². The average Bonchev–Trinajstić information content (AvgIpc) is 2.60. The molecule has 2 aliphatic rings. The molecular formula is C19H17N2O2-. The number of para-hydroxylation sites is 1. The molecule has 1 saturated heterocycles. The monoisotopic (exact) mass is 305 g/mol. The van der Waals surface area contributed by atoms with Crippen LogP contribution in [0.2, 0.25) is 0 Å². The lowest BCUT2D eigenvalue weighted by atomic mass is 9.80. The summed E-state index contributed by atoms with van der Waals surface area (Å²) in [7, 11) is 0. The fourth-order valence-electron chi connectivity index (χ4n) is 3.50. The summed E-state index contributed by atoms with van der Waals surface area (Å²) in [6.45, 7) is 1.03. The molecule has 1 fully saturated rings. The number of allylic oxidation sites excluding steroid dienone is 3. The minimum atomic E-state index is 0.0726. The molecule has 0 spiro atoms. The van der Waals surface area contributed by atoms with Crippen LogP contribution in [0.4, 0.5) is 0 Å². The zero-order valence-electron chi connectivity index (χ0n) is 12.7. The van der Waals surface area contributed by atoms with Gasteiger partial charge in [-0.1, -0.05) is 35.9 Å². The van der Waals surface area contributed by atoms with E-state index < -0.39 is 0 Å². The van der Waals surface area contributed by atoms with Gasteiger partial charge in [-0.2, -0.15) is 0 Å². The maximum Gasteiger partial charge on any atom is 0.189 e. The maximum atomic E-state index is 13.0. The third kappa shape index (κ3) is 2.60. The number of hydrogen-bond acceptors (Lipinski definition) is 4. The molecule has 1 aromatic carbocycles. The SMILES string of the molecule is O=C(C1=CC=C2CN([O-])CCC2C1)c1ccnc2ccccc12. The quantitative estimate of drug-likeness (QED) is 0.797. The number of fused-ring (bicyclic) bond motifs is 2. The van der Waals surface area contributed by atoms with Crippen LogP contribution in [0, 0.1) is 11.1 Å². The Balaban J connectivity index is 1.69. The van der Waals surface area contributed by atoms with Gasteiger partial charge in [0.25, 0.3) is 0 Å². The zero-order valence-corrected chi connectivity index (χ0v) is 12.7. The molecule has 4 nitrogen and oxygen atoms in total. The Morgan fingerprint density at radius 1 is 1.22 bits per heavy atom. The summed E-state index contributed by atoms with van der Waals surface area (Å²) >= 11 is 0. The Morgan fingerprint density at radius 3 is 3.00 bits per heavy atom. The van der Waals surface area contributed by atoms with Crippen LogP contribution in [0.15, 0.2) is 59.8 Å². The van der Waals surface area contributed by atoms with Crippen molar-refractivity contribution < 1.29 is 4.79 Å². The molecule has 0 N–H and O–H groups in total. The first-order valence-electron chi connectivity index (χ1n) is 7.92. The van der Waals surface area contributed by atoms with Crippen molar-refractivity contribution in [3.05, 3.63) is 70.6 Å². The number of ketones is 1. The first-order valence-corrected chi connectivity index (χ1v) is 7.92. The van der Waals surface area contributed by atoms with Gasteiger partial charge in [-0.15, -0.1) is 0 Å². The second-order valence-electron chi connectivity index (χ2n) is 6.19. The van der Waals surface area contributed by atoms with E-state index in [4.69, 9.17) is 0 Å². The number of carbonyl (C=O) groups excluding carboxylic acids is 1. The standard InChI is InChI=1S/C19H17N2O2/c22-19(17-7-9-20-18-4-2-1-3-16(17)18)14-5-6-15-12-21(23)10-8-13(15)11-14/h1-7,9,13H,8,10-12H2/q-1. The smallest absolute Gasteiger partial charge is 0.189 e. The number of hydroxylamine groups is 2. The number of aromatic nitrogens is 1. The van der Waals surface area contributed by atoms with Gasteiger partial charge >= 0.3 is 0 Å². The van der Waals surface area contributed by atoms with E-state index in [9.17, 15) is 10.0 Å². The second-order valence-corrected chi connectivity index (χ2v) is 6.19. The van der Waals surface area contributed by atoms with Crippen molar-refractivity contribution in [2.45, 2.75) is 12.8 Å².